The van der Waals surface area contributed by atoms with Crippen LogP contribution in [0.3, 0.4) is 0 Å². The van der Waals surface area contributed by atoms with Crippen LogP contribution in [0.25, 0.3) is 11.4 Å². The van der Waals surface area contributed by atoms with Gasteiger partial charge < -0.3 is 9.84 Å². The Morgan fingerprint density at radius 3 is 2.61 bits per heavy atom. The number of amides is 1. The maximum absolute atomic E-state index is 12.4. The molecule has 0 saturated heterocycles. The number of benzene rings is 2. The molecule has 0 aliphatic rings. The fourth-order valence-corrected chi connectivity index (χ4v) is 3.73. The number of phenolic OH excluding ortho intramolecular Hbond substituents is 1. The van der Waals surface area contributed by atoms with Crippen molar-refractivity contribution in [2.45, 2.75) is 5.16 Å². The number of carbonyl (C=O) groups excluding carboxylic acids is 1. The van der Waals surface area contributed by atoms with Gasteiger partial charge in [0, 0.05) is 23.0 Å². The number of phenols is 1. The lowest BCUT2D eigenvalue weighted by Gasteiger charge is -2.05. The summed E-state index contributed by atoms with van der Waals surface area (Å²) in [6.07, 6.45) is 6.41. The van der Waals surface area contributed by atoms with Crippen LogP contribution >= 0.6 is 23.4 Å². The molecule has 2 heterocycles. The number of hydrogen-bond donors (Lipinski definition) is 2. The number of ether oxygens (including phenoxy) is 1. The van der Waals surface area contributed by atoms with Crippen LogP contribution in [0.5, 0.6) is 11.5 Å². The SMILES string of the molecule is COc1cc(/C=N/NC(=O)CSc2nnc(-c3ccncc3)n2/N=C/c2ccc(Cl)cc2)ccc1O. The third-order valence-electron chi connectivity index (χ3n) is 4.68. The molecule has 0 aliphatic heterocycles. The summed E-state index contributed by atoms with van der Waals surface area (Å²) in [6.45, 7) is 0. The van der Waals surface area contributed by atoms with Gasteiger partial charge in [-0.3, -0.25) is 9.78 Å². The third kappa shape index (κ3) is 6.46. The zero-order valence-corrected chi connectivity index (χ0v) is 20.5. The second kappa shape index (κ2) is 12.0. The van der Waals surface area contributed by atoms with Crippen LogP contribution in [0.15, 0.2) is 82.4 Å². The quantitative estimate of drug-likeness (QED) is 0.195. The summed E-state index contributed by atoms with van der Waals surface area (Å²) in [5, 5.41) is 27.7. The van der Waals surface area contributed by atoms with E-state index in [9.17, 15) is 9.90 Å². The first-order chi connectivity index (χ1) is 17.5. The van der Waals surface area contributed by atoms with Crippen molar-refractivity contribution >= 4 is 41.7 Å². The number of aromatic nitrogens is 4. The Hall–Kier alpha value is -4.22. The van der Waals surface area contributed by atoms with Crippen LogP contribution in [0.4, 0.5) is 0 Å². The van der Waals surface area contributed by atoms with Crippen molar-refractivity contribution in [1.82, 2.24) is 25.3 Å². The van der Waals surface area contributed by atoms with Gasteiger partial charge in [-0.1, -0.05) is 35.5 Å². The molecule has 0 bridgehead atoms. The second-order valence-electron chi connectivity index (χ2n) is 7.16. The number of thioether (sulfide) groups is 1. The van der Waals surface area contributed by atoms with Crippen molar-refractivity contribution in [3.8, 4) is 22.9 Å². The van der Waals surface area contributed by atoms with Crippen LogP contribution < -0.4 is 10.2 Å². The van der Waals surface area contributed by atoms with Crippen LogP contribution in [-0.2, 0) is 4.79 Å². The zero-order chi connectivity index (χ0) is 25.3. The predicted octanol–water partition coefficient (Wildman–Crippen LogP) is 3.83. The number of rotatable bonds is 9. The molecule has 0 aliphatic carbocycles. The van der Waals surface area contributed by atoms with Crippen molar-refractivity contribution < 1.29 is 14.6 Å². The van der Waals surface area contributed by atoms with E-state index in [2.05, 4.69) is 30.8 Å². The molecular formula is C24H20ClN7O3S. The summed E-state index contributed by atoms with van der Waals surface area (Å²) in [4.78, 5) is 16.4. The fourth-order valence-electron chi connectivity index (χ4n) is 2.93. The van der Waals surface area contributed by atoms with Gasteiger partial charge in [0.25, 0.3) is 5.91 Å². The van der Waals surface area contributed by atoms with Gasteiger partial charge in [0.05, 0.1) is 25.3 Å². The van der Waals surface area contributed by atoms with Crippen LogP contribution in [-0.4, -0.2) is 56.2 Å². The Morgan fingerprint density at radius 2 is 1.86 bits per heavy atom. The number of nitrogens with zero attached hydrogens (tertiary/aromatic N) is 6. The standard InChI is InChI=1S/C24H20ClN7O3S/c1-35-21-12-17(4-7-20(21)33)13-27-29-22(34)15-36-24-31-30-23(18-8-10-26-11-9-18)32(24)28-14-16-2-5-19(25)6-3-16/h2-14,33H,15H2,1H3,(H,29,34)/b27-13+,28-14+. The van der Waals surface area contributed by atoms with E-state index in [0.29, 0.717) is 27.3 Å². The van der Waals surface area contributed by atoms with Crippen LogP contribution in [0.2, 0.25) is 5.02 Å². The van der Waals surface area contributed by atoms with Gasteiger partial charge in [0.2, 0.25) is 5.16 Å². The topological polar surface area (TPSA) is 127 Å². The van der Waals surface area contributed by atoms with Crippen LogP contribution in [0, 0.1) is 0 Å². The molecular weight excluding hydrogens is 502 g/mol. The highest BCUT2D eigenvalue weighted by Crippen LogP contribution is 2.26. The maximum atomic E-state index is 12.4. The Morgan fingerprint density at radius 1 is 1.11 bits per heavy atom. The van der Waals surface area contributed by atoms with Crippen molar-refractivity contribution in [2.24, 2.45) is 10.2 Å². The number of hydrazone groups is 1. The summed E-state index contributed by atoms with van der Waals surface area (Å²) >= 11 is 7.12. The Kier molecular flexibility index (Phi) is 8.27. The van der Waals surface area contributed by atoms with Gasteiger partial charge in [-0.15, -0.1) is 10.2 Å². The molecule has 2 N–H and O–H groups in total. The Labute approximate surface area is 215 Å². The van der Waals surface area contributed by atoms with E-state index in [1.807, 2.05) is 12.1 Å². The predicted molar refractivity (Wildman–Crippen MR) is 139 cm³/mol. The highest BCUT2D eigenvalue weighted by Gasteiger charge is 2.15. The molecule has 0 fully saturated rings. The molecule has 2 aromatic carbocycles. The van der Waals surface area contributed by atoms with Gasteiger partial charge in [-0.25, -0.2) is 5.43 Å². The monoisotopic (exact) mass is 521 g/mol. The average molecular weight is 522 g/mol. The molecule has 1 amide bonds. The number of hydrogen-bond acceptors (Lipinski definition) is 9. The molecule has 4 aromatic rings. The summed E-state index contributed by atoms with van der Waals surface area (Å²) in [5.41, 5.74) is 4.72. The Balaban J connectivity index is 1.46. The number of pyridine rings is 1. The van der Waals surface area contributed by atoms with Crippen molar-refractivity contribution in [2.75, 3.05) is 12.9 Å². The number of halogens is 1. The smallest absolute Gasteiger partial charge is 0.250 e. The number of methoxy groups -OCH3 is 1. The minimum atomic E-state index is -0.344. The van der Waals surface area contributed by atoms with Crippen molar-refractivity contribution in [3.05, 3.63) is 83.1 Å². The molecule has 182 valence electrons. The van der Waals surface area contributed by atoms with Gasteiger partial charge in [-0.2, -0.15) is 14.9 Å². The van der Waals surface area contributed by atoms with E-state index in [1.165, 1.54) is 19.4 Å². The normalized spacial score (nSPS) is 11.3. The largest absolute Gasteiger partial charge is 0.504 e. The van der Waals surface area contributed by atoms with Crippen molar-refractivity contribution in [3.63, 3.8) is 0 Å². The van der Waals surface area contributed by atoms with E-state index in [-0.39, 0.29) is 17.4 Å². The molecule has 0 radical (unpaired) electrons. The number of carbonyl (C=O) groups is 1. The van der Waals surface area contributed by atoms with Gasteiger partial charge in [-0.05, 0) is 53.6 Å². The molecule has 36 heavy (non-hydrogen) atoms. The lowest BCUT2D eigenvalue weighted by atomic mass is 10.2. The maximum Gasteiger partial charge on any atom is 0.250 e. The second-order valence-corrected chi connectivity index (χ2v) is 8.54. The molecule has 0 spiro atoms. The molecule has 4 rings (SSSR count). The highest BCUT2D eigenvalue weighted by molar-refractivity contribution is 7.99. The lowest BCUT2D eigenvalue weighted by Crippen LogP contribution is -2.19. The molecule has 0 unspecified atom stereocenters. The van der Waals surface area contributed by atoms with E-state index in [0.717, 1.165) is 22.9 Å². The molecule has 10 nitrogen and oxygen atoms in total. The first-order valence-electron chi connectivity index (χ1n) is 10.5. The number of aromatic hydroxyl groups is 1. The first kappa shape index (κ1) is 24.9. The fraction of sp³-hybridized carbons (Fsp3) is 0.0833. The lowest BCUT2D eigenvalue weighted by molar-refractivity contribution is -0.118. The molecule has 0 saturated carbocycles. The zero-order valence-electron chi connectivity index (χ0n) is 18.9. The molecule has 0 atom stereocenters. The average Bonchev–Trinajstić information content (AvgIpc) is 3.31. The summed E-state index contributed by atoms with van der Waals surface area (Å²) in [6, 6.07) is 15.5. The molecule has 2 aromatic heterocycles. The minimum Gasteiger partial charge on any atom is -0.504 e. The van der Waals surface area contributed by atoms with E-state index in [4.69, 9.17) is 16.3 Å². The number of nitrogens with one attached hydrogen (secondary N) is 1. The van der Waals surface area contributed by atoms with Gasteiger partial charge >= 0.3 is 0 Å². The summed E-state index contributed by atoms with van der Waals surface area (Å²) in [5.74, 6) is 0.517. The first-order valence-corrected chi connectivity index (χ1v) is 11.9. The van der Waals surface area contributed by atoms with E-state index < -0.39 is 0 Å². The van der Waals surface area contributed by atoms with E-state index >= 15 is 0 Å². The van der Waals surface area contributed by atoms with Crippen molar-refractivity contribution in [1.29, 1.82) is 0 Å². The summed E-state index contributed by atoms with van der Waals surface area (Å²) < 4.78 is 6.62. The summed E-state index contributed by atoms with van der Waals surface area (Å²) in [7, 11) is 1.45. The van der Waals surface area contributed by atoms with Gasteiger partial charge in [0.15, 0.2) is 17.3 Å². The highest BCUT2D eigenvalue weighted by atomic mass is 35.5. The van der Waals surface area contributed by atoms with Crippen LogP contribution in [0.1, 0.15) is 11.1 Å². The minimum absolute atomic E-state index is 0.0176. The van der Waals surface area contributed by atoms with Gasteiger partial charge in [0.1, 0.15) is 0 Å². The van der Waals surface area contributed by atoms with E-state index in [1.54, 1.807) is 59.7 Å². The Bertz CT molecular complexity index is 1390. The third-order valence-corrected chi connectivity index (χ3v) is 5.85. The molecule has 12 heteroatoms.